The number of amides is 2. The van der Waals surface area contributed by atoms with Gasteiger partial charge in [0, 0.05) is 43.2 Å². The van der Waals surface area contributed by atoms with Crippen LogP contribution in [-0.4, -0.2) is 37.6 Å². The number of rotatable bonds is 6. The molecular weight excluding hydrogens is 433 g/mol. The first-order chi connectivity index (χ1) is 15.8. The molecule has 1 unspecified atom stereocenters. The van der Waals surface area contributed by atoms with Crippen molar-refractivity contribution in [3.8, 4) is 0 Å². The Hall–Kier alpha value is -3.23. The van der Waals surface area contributed by atoms with Crippen molar-refractivity contribution < 1.29 is 22.8 Å². The summed E-state index contributed by atoms with van der Waals surface area (Å²) < 4.78 is 38.6. The number of nitrogens with one attached hydrogen (secondary N) is 3. The molecule has 2 aliphatic heterocycles. The highest BCUT2D eigenvalue weighted by Crippen LogP contribution is 2.35. The molecule has 0 bridgehead atoms. The molecular formula is C24H27F3N4O2. The molecule has 2 fully saturated rings. The fraction of sp³-hybridized carbons (Fsp3) is 0.417. The molecule has 2 saturated heterocycles. The van der Waals surface area contributed by atoms with Crippen LogP contribution in [0.3, 0.4) is 0 Å². The van der Waals surface area contributed by atoms with Crippen molar-refractivity contribution in [1.82, 2.24) is 10.6 Å². The van der Waals surface area contributed by atoms with Crippen LogP contribution in [0, 0.1) is 11.8 Å². The number of anilines is 3. The molecule has 2 aromatic carbocycles. The zero-order valence-electron chi connectivity index (χ0n) is 18.1. The lowest BCUT2D eigenvalue weighted by molar-refractivity contribution is -0.179. The molecule has 2 aromatic rings. The molecule has 33 heavy (non-hydrogen) atoms. The molecule has 2 amide bonds. The van der Waals surface area contributed by atoms with E-state index in [1.54, 1.807) is 0 Å². The topological polar surface area (TPSA) is 73.5 Å². The lowest BCUT2D eigenvalue weighted by atomic mass is 9.96. The molecule has 0 aliphatic carbocycles. The van der Waals surface area contributed by atoms with E-state index in [4.69, 9.17) is 0 Å². The van der Waals surface area contributed by atoms with Gasteiger partial charge in [-0.1, -0.05) is 12.1 Å². The van der Waals surface area contributed by atoms with Gasteiger partial charge in [0.15, 0.2) is 0 Å². The second kappa shape index (κ2) is 9.72. The Bertz CT molecular complexity index is 969. The summed E-state index contributed by atoms with van der Waals surface area (Å²) in [5.74, 6) is -2.28. The van der Waals surface area contributed by atoms with Crippen molar-refractivity contribution in [2.24, 2.45) is 11.8 Å². The van der Waals surface area contributed by atoms with Crippen molar-refractivity contribution >= 4 is 28.9 Å². The summed E-state index contributed by atoms with van der Waals surface area (Å²) in [7, 11) is 0. The Balaban J connectivity index is 1.26. The largest absolute Gasteiger partial charge is 0.391 e. The fourth-order valence-electron chi connectivity index (χ4n) is 4.25. The van der Waals surface area contributed by atoms with Gasteiger partial charge in [0.1, 0.15) is 5.92 Å². The maximum Gasteiger partial charge on any atom is 0.391 e. The van der Waals surface area contributed by atoms with Gasteiger partial charge in [0.05, 0.1) is 5.92 Å². The molecule has 176 valence electrons. The average molecular weight is 461 g/mol. The molecule has 0 saturated carbocycles. The predicted octanol–water partition coefficient (Wildman–Crippen LogP) is 3.96. The first kappa shape index (κ1) is 22.9. The van der Waals surface area contributed by atoms with Crippen LogP contribution in [0.15, 0.2) is 48.5 Å². The van der Waals surface area contributed by atoms with Crippen molar-refractivity contribution in [3.63, 3.8) is 0 Å². The summed E-state index contributed by atoms with van der Waals surface area (Å²) in [5, 5.41) is 8.75. The predicted molar refractivity (Wildman–Crippen MR) is 120 cm³/mol. The van der Waals surface area contributed by atoms with Gasteiger partial charge < -0.3 is 20.9 Å². The van der Waals surface area contributed by atoms with Crippen LogP contribution in [-0.2, 0) is 16.1 Å². The van der Waals surface area contributed by atoms with E-state index in [2.05, 4.69) is 16.0 Å². The maximum absolute atomic E-state index is 12.9. The number of halogens is 3. The normalized spacial score (nSPS) is 19.3. The average Bonchev–Trinajstić information content (AvgIpc) is 3.24. The second-order valence-electron chi connectivity index (χ2n) is 8.52. The monoisotopic (exact) mass is 460 g/mol. The third-order valence-electron chi connectivity index (χ3n) is 6.26. The Morgan fingerprint density at radius 3 is 2.12 bits per heavy atom. The standard InChI is InChI=1S/C24H27F3N4O2/c25-24(26,27)17-10-13-31(14-11-17)20-7-5-19(6-8-20)30-18-3-1-16(2-4-18)15-29-23(33)21-9-12-28-22(21)32/h1-8,17,21,30H,9-15H2,(H,28,32)(H,29,33). The summed E-state index contributed by atoms with van der Waals surface area (Å²) >= 11 is 0. The molecule has 2 heterocycles. The van der Waals surface area contributed by atoms with Crippen LogP contribution in [0.4, 0.5) is 30.2 Å². The summed E-state index contributed by atoms with van der Waals surface area (Å²) in [6.45, 7) is 1.69. The highest BCUT2D eigenvalue weighted by atomic mass is 19.4. The van der Waals surface area contributed by atoms with Crippen LogP contribution in [0.2, 0.25) is 0 Å². The number of hydrogen-bond donors (Lipinski definition) is 3. The van der Waals surface area contributed by atoms with Crippen LogP contribution in [0.5, 0.6) is 0 Å². The number of carbonyl (C=O) groups excluding carboxylic acids is 2. The SMILES string of the molecule is O=C1NCCC1C(=O)NCc1ccc(Nc2ccc(N3CCC(C(F)(F)F)CC3)cc2)cc1. The van der Waals surface area contributed by atoms with Gasteiger partial charge >= 0.3 is 6.18 Å². The minimum Gasteiger partial charge on any atom is -0.372 e. The van der Waals surface area contributed by atoms with E-state index in [0.717, 1.165) is 22.6 Å². The van der Waals surface area contributed by atoms with Gasteiger partial charge in [-0.15, -0.1) is 0 Å². The van der Waals surface area contributed by atoms with Crippen molar-refractivity contribution in [2.45, 2.75) is 32.0 Å². The zero-order chi connectivity index (χ0) is 23.4. The third kappa shape index (κ3) is 5.77. The number of carbonyl (C=O) groups is 2. The van der Waals surface area contributed by atoms with Crippen LogP contribution < -0.4 is 20.9 Å². The van der Waals surface area contributed by atoms with Gasteiger partial charge in [-0.2, -0.15) is 13.2 Å². The first-order valence-electron chi connectivity index (χ1n) is 11.1. The molecule has 2 aliphatic rings. The van der Waals surface area contributed by atoms with Gasteiger partial charge in [-0.25, -0.2) is 0 Å². The number of alkyl halides is 3. The Morgan fingerprint density at radius 2 is 1.58 bits per heavy atom. The highest BCUT2D eigenvalue weighted by Gasteiger charge is 2.41. The minimum absolute atomic E-state index is 0.129. The Labute approximate surface area is 190 Å². The van der Waals surface area contributed by atoms with E-state index in [1.807, 2.05) is 53.4 Å². The smallest absolute Gasteiger partial charge is 0.372 e. The fourth-order valence-corrected chi connectivity index (χ4v) is 4.25. The number of benzene rings is 2. The van der Waals surface area contributed by atoms with Gasteiger partial charge in [-0.3, -0.25) is 9.59 Å². The van der Waals surface area contributed by atoms with Gasteiger partial charge in [0.2, 0.25) is 11.8 Å². The Kier molecular flexibility index (Phi) is 6.76. The van der Waals surface area contributed by atoms with E-state index >= 15 is 0 Å². The molecule has 3 N–H and O–H groups in total. The van der Waals surface area contributed by atoms with Gasteiger partial charge in [-0.05, 0) is 61.2 Å². The van der Waals surface area contributed by atoms with Crippen molar-refractivity contribution in [1.29, 1.82) is 0 Å². The van der Waals surface area contributed by atoms with E-state index in [9.17, 15) is 22.8 Å². The highest BCUT2D eigenvalue weighted by molar-refractivity contribution is 6.01. The summed E-state index contributed by atoms with van der Waals surface area (Å²) in [4.78, 5) is 25.7. The summed E-state index contributed by atoms with van der Waals surface area (Å²) in [5.41, 5.74) is 3.59. The number of hydrogen-bond acceptors (Lipinski definition) is 4. The van der Waals surface area contributed by atoms with E-state index in [1.165, 1.54) is 0 Å². The summed E-state index contributed by atoms with van der Waals surface area (Å²) in [6.07, 6.45) is -3.32. The molecule has 1 atom stereocenters. The molecule has 0 spiro atoms. The van der Waals surface area contributed by atoms with Crippen molar-refractivity contribution in [3.05, 3.63) is 54.1 Å². The Morgan fingerprint density at radius 1 is 0.970 bits per heavy atom. The van der Waals surface area contributed by atoms with Crippen molar-refractivity contribution in [2.75, 3.05) is 29.9 Å². The molecule has 6 nitrogen and oxygen atoms in total. The maximum atomic E-state index is 12.9. The number of nitrogens with zero attached hydrogens (tertiary/aromatic N) is 1. The zero-order valence-corrected chi connectivity index (χ0v) is 18.1. The van der Waals surface area contributed by atoms with Crippen LogP contribution in [0.1, 0.15) is 24.8 Å². The molecule has 4 rings (SSSR count). The first-order valence-corrected chi connectivity index (χ1v) is 11.1. The third-order valence-corrected chi connectivity index (χ3v) is 6.26. The lowest BCUT2D eigenvalue weighted by Crippen LogP contribution is -2.38. The van der Waals surface area contributed by atoms with E-state index < -0.39 is 18.0 Å². The van der Waals surface area contributed by atoms with E-state index in [0.29, 0.717) is 32.6 Å². The quantitative estimate of drug-likeness (QED) is 0.571. The van der Waals surface area contributed by atoms with Crippen LogP contribution in [0.25, 0.3) is 0 Å². The minimum atomic E-state index is -4.10. The van der Waals surface area contributed by atoms with Gasteiger partial charge in [0.25, 0.3) is 0 Å². The van der Waals surface area contributed by atoms with E-state index in [-0.39, 0.29) is 24.7 Å². The molecule has 9 heteroatoms. The lowest BCUT2D eigenvalue weighted by Gasteiger charge is -2.34. The molecule has 0 aromatic heterocycles. The van der Waals surface area contributed by atoms with Crippen LogP contribution >= 0.6 is 0 Å². The summed E-state index contributed by atoms with van der Waals surface area (Å²) in [6, 6.07) is 15.3. The molecule has 0 radical (unpaired) electrons. The second-order valence-corrected chi connectivity index (χ2v) is 8.52. The number of piperidine rings is 1.